The molecular formula is C39H62O4. The van der Waals surface area contributed by atoms with Crippen LogP contribution in [-0.4, -0.2) is 30.9 Å². The van der Waals surface area contributed by atoms with Gasteiger partial charge in [-0.1, -0.05) is 64.2 Å². The topological polar surface area (TPSA) is 55.8 Å². The summed E-state index contributed by atoms with van der Waals surface area (Å²) in [6, 6.07) is 6.76. The molecule has 0 amide bonds. The van der Waals surface area contributed by atoms with Crippen molar-refractivity contribution in [3.8, 4) is 5.75 Å². The summed E-state index contributed by atoms with van der Waals surface area (Å²) in [5, 5.41) is 9.19. The summed E-state index contributed by atoms with van der Waals surface area (Å²) in [6.07, 6.45) is 25.3. The fraction of sp³-hybridized carbons (Fsp3) is 0.769. The van der Waals surface area contributed by atoms with Crippen LogP contribution in [0.4, 0.5) is 0 Å². The van der Waals surface area contributed by atoms with Crippen LogP contribution >= 0.6 is 0 Å². The number of rotatable bonds is 16. The molecule has 242 valence electrons. The summed E-state index contributed by atoms with van der Waals surface area (Å²) in [7, 11) is 0. The van der Waals surface area contributed by atoms with E-state index in [1.165, 1.54) is 114 Å². The van der Waals surface area contributed by atoms with Crippen molar-refractivity contribution in [3.63, 3.8) is 0 Å². The Balaban J connectivity index is 1.22. The highest BCUT2D eigenvalue weighted by Crippen LogP contribution is 2.47. The Labute approximate surface area is 263 Å². The molecule has 0 heterocycles. The lowest BCUT2D eigenvalue weighted by Gasteiger charge is -2.41. The lowest BCUT2D eigenvalue weighted by Crippen LogP contribution is -2.29. The van der Waals surface area contributed by atoms with Crippen LogP contribution in [0, 0.1) is 29.6 Å². The third-order valence-electron chi connectivity index (χ3n) is 11.3. The lowest BCUT2D eigenvalue weighted by atomic mass is 9.64. The number of hydrogen-bond acceptors (Lipinski definition) is 4. The standard InChI is InChI=1S/C39H62O4/c1-4-5-6-9-30-11-13-31(14-12-30)32-15-17-33(18-16-32)34-19-21-35(22-20-34)36-23-24-38(42-27-8-25-40)37(28-36)10-7-26-43-39(41)29(2)3/h23-24,28,30-35,40H,2,4-22,25-27H2,1,3H3. The predicted molar refractivity (Wildman–Crippen MR) is 177 cm³/mol. The van der Waals surface area contributed by atoms with Crippen molar-refractivity contribution in [2.75, 3.05) is 19.8 Å². The minimum Gasteiger partial charge on any atom is -0.493 e. The molecule has 4 rings (SSSR count). The molecule has 4 heteroatoms. The number of aryl methyl sites for hydroxylation is 1. The van der Waals surface area contributed by atoms with Gasteiger partial charge in [0.15, 0.2) is 0 Å². The van der Waals surface area contributed by atoms with Crippen molar-refractivity contribution in [1.82, 2.24) is 0 Å². The summed E-state index contributed by atoms with van der Waals surface area (Å²) in [4.78, 5) is 11.8. The molecule has 0 radical (unpaired) electrons. The minimum atomic E-state index is -0.321. The number of carbonyl (C=O) groups is 1. The van der Waals surface area contributed by atoms with Crippen LogP contribution in [0.5, 0.6) is 5.75 Å². The Kier molecular flexibility index (Phi) is 14.4. The van der Waals surface area contributed by atoms with Crippen LogP contribution in [0.1, 0.15) is 146 Å². The molecule has 1 aromatic carbocycles. The minimum absolute atomic E-state index is 0.134. The van der Waals surface area contributed by atoms with Gasteiger partial charge in [0.1, 0.15) is 5.75 Å². The zero-order chi connectivity index (χ0) is 30.4. The Morgan fingerprint density at radius 1 is 0.814 bits per heavy atom. The summed E-state index contributed by atoms with van der Waals surface area (Å²) in [5.41, 5.74) is 3.07. The third kappa shape index (κ3) is 10.6. The van der Waals surface area contributed by atoms with Crippen molar-refractivity contribution in [3.05, 3.63) is 41.5 Å². The largest absolute Gasteiger partial charge is 0.493 e. The lowest BCUT2D eigenvalue weighted by molar-refractivity contribution is -0.139. The van der Waals surface area contributed by atoms with E-state index in [4.69, 9.17) is 9.47 Å². The Morgan fingerprint density at radius 3 is 2.00 bits per heavy atom. The number of esters is 1. The molecule has 0 saturated heterocycles. The second-order valence-electron chi connectivity index (χ2n) is 14.4. The maximum Gasteiger partial charge on any atom is 0.333 e. The molecule has 3 saturated carbocycles. The molecule has 0 bridgehead atoms. The summed E-state index contributed by atoms with van der Waals surface area (Å²) in [6.45, 7) is 8.71. The summed E-state index contributed by atoms with van der Waals surface area (Å²) < 4.78 is 11.4. The average molecular weight is 595 g/mol. The van der Waals surface area contributed by atoms with E-state index in [1.807, 2.05) is 0 Å². The van der Waals surface area contributed by atoms with Crippen LogP contribution in [-0.2, 0) is 16.0 Å². The van der Waals surface area contributed by atoms with E-state index in [1.54, 1.807) is 6.92 Å². The van der Waals surface area contributed by atoms with Crippen molar-refractivity contribution < 1.29 is 19.4 Å². The molecule has 1 aromatic rings. The van der Waals surface area contributed by atoms with E-state index < -0.39 is 0 Å². The van der Waals surface area contributed by atoms with Crippen LogP contribution < -0.4 is 4.74 Å². The first-order chi connectivity index (χ1) is 21.0. The van der Waals surface area contributed by atoms with Crippen LogP contribution in [0.2, 0.25) is 0 Å². The highest BCUT2D eigenvalue weighted by atomic mass is 16.5. The van der Waals surface area contributed by atoms with Gasteiger partial charge in [0.25, 0.3) is 0 Å². The molecule has 0 aromatic heterocycles. The van der Waals surface area contributed by atoms with Crippen molar-refractivity contribution >= 4 is 5.97 Å². The predicted octanol–water partition coefficient (Wildman–Crippen LogP) is 9.97. The number of aliphatic hydroxyl groups excluding tert-OH is 1. The second kappa shape index (κ2) is 18.2. The Hall–Kier alpha value is -1.81. The number of ether oxygens (including phenoxy) is 2. The first-order valence-electron chi connectivity index (χ1n) is 18.2. The fourth-order valence-corrected chi connectivity index (χ4v) is 8.63. The van der Waals surface area contributed by atoms with E-state index in [2.05, 4.69) is 31.7 Å². The van der Waals surface area contributed by atoms with Gasteiger partial charge in [0, 0.05) is 18.6 Å². The quantitative estimate of drug-likeness (QED) is 0.118. The normalized spacial score (nSPS) is 27.9. The maximum atomic E-state index is 11.8. The van der Waals surface area contributed by atoms with E-state index in [0.29, 0.717) is 31.1 Å². The molecule has 3 aliphatic carbocycles. The average Bonchev–Trinajstić information content (AvgIpc) is 3.04. The summed E-state index contributed by atoms with van der Waals surface area (Å²) >= 11 is 0. The van der Waals surface area contributed by atoms with E-state index >= 15 is 0 Å². The van der Waals surface area contributed by atoms with Gasteiger partial charge < -0.3 is 14.6 Å². The molecule has 0 unspecified atom stereocenters. The monoisotopic (exact) mass is 594 g/mol. The highest BCUT2D eigenvalue weighted by molar-refractivity contribution is 5.86. The molecule has 0 aliphatic heterocycles. The molecule has 3 fully saturated rings. The molecule has 3 aliphatic rings. The highest BCUT2D eigenvalue weighted by Gasteiger charge is 2.35. The van der Waals surface area contributed by atoms with Crippen molar-refractivity contribution in [2.45, 2.75) is 142 Å². The van der Waals surface area contributed by atoms with Crippen LogP contribution in [0.25, 0.3) is 0 Å². The maximum absolute atomic E-state index is 11.8. The van der Waals surface area contributed by atoms with Gasteiger partial charge in [-0.2, -0.15) is 0 Å². The first-order valence-corrected chi connectivity index (χ1v) is 18.2. The first kappa shape index (κ1) is 34.1. The fourth-order valence-electron chi connectivity index (χ4n) is 8.63. The molecule has 0 spiro atoms. The van der Waals surface area contributed by atoms with Gasteiger partial charge in [-0.25, -0.2) is 4.79 Å². The Bertz CT molecular complexity index is 961. The number of hydrogen-bond donors (Lipinski definition) is 1. The molecule has 43 heavy (non-hydrogen) atoms. The van der Waals surface area contributed by atoms with Gasteiger partial charge in [0.05, 0.1) is 13.2 Å². The van der Waals surface area contributed by atoms with Crippen molar-refractivity contribution in [2.24, 2.45) is 29.6 Å². The molecule has 0 atom stereocenters. The molecule has 4 nitrogen and oxygen atoms in total. The van der Waals surface area contributed by atoms with E-state index in [-0.39, 0.29) is 12.6 Å². The van der Waals surface area contributed by atoms with E-state index in [0.717, 1.165) is 48.2 Å². The molecular weight excluding hydrogens is 532 g/mol. The SMILES string of the molecule is C=C(C)C(=O)OCCCc1cc(C2CCC(C3CCC(C4CCC(CCCCC)CC4)CC3)CC2)ccc1OCCCO. The Morgan fingerprint density at radius 2 is 1.42 bits per heavy atom. The van der Waals surface area contributed by atoms with Gasteiger partial charge in [0.2, 0.25) is 0 Å². The smallest absolute Gasteiger partial charge is 0.333 e. The zero-order valence-electron chi connectivity index (χ0n) is 27.6. The van der Waals surface area contributed by atoms with Gasteiger partial charge in [-0.3, -0.25) is 0 Å². The van der Waals surface area contributed by atoms with E-state index in [9.17, 15) is 9.90 Å². The second-order valence-corrected chi connectivity index (χ2v) is 14.4. The van der Waals surface area contributed by atoms with Gasteiger partial charge >= 0.3 is 5.97 Å². The zero-order valence-corrected chi connectivity index (χ0v) is 27.6. The number of benzene rings is 1. The van der Waals surface area contributed by atoms with Crippen molar-refractivity contribution in [1.29, 1.82) is 0 Å². The van der Waals surface area contributed by atoms with Gasteiger partial charge in [-0.05, 0) is 137 Å². The third-order valence-corrected chi connectivity index (χ3v) is 11.3. The number of aliphatic hydroxyl groups is 1. The van der Waals surface area contributed by atoms with Gasteiger partial charge in [-0.15, -0.1) is 0 Å². The van der Waals surface area contributed by atoms with Crippen LogP contribution in [0.3, 0.4) is 0 Å². The summed E-state index contributed by atoms with van der Waals surface area (Å²) in [5.74, 6) is 6.18. The molecule has 1 N–H and O–H groups in total. The van der Waals surface area contributed by atoms with Crippen LogP contribution in [0.15, 0.2) is 30.4 Å². The number of carbonyl (C=O) groups excluding carboxylic acids is 1. The number of unbranched alkanes of at least 4 members (excludes halogenated alkanes) is 2.